The molecule has 2 aromatic rings. The van der Waals surface area contributed by atoms with Crippen molar-refractivity contribution in [3.8, 4) is 0 Å². The predicted molar refractivity (Wildman–Crippen MR) is 65.9 cm³/mol. The second kappa shape index (κ2) is 5.72. The van der Waals surface area contributed by atoms with Crippen molar-refractivity contribution in [1.82, 2.24) is 9.78 Å². The number of aliphatic hydroxyl groups is 1. The fourth-order valence-electron chi connectivity index (χ4n) is 1.89. The van der Waals surface area contributed by atoms with Crippen molar-refractivity contribution in [3.63, 3.8) is 0 Å². The molecule has 0 fully saturated rings. The van der Waals surface area contributed by atoms with E-state index in [0.29, 0.717) is 0 Å². The summed E-state index contributed by atoms with van der Waals surface area (Å²) in [6, 6.07) is 0. The van der Waals surface area contributed by atoms with E-state index in [9.17, 15) is 27.1 Å². The third-order valence-corrected chi connectivity index (χ3v) is 3.52. The Morgan fingerprint density at radius 1 is 1.10 bits per heavy atom. The van der Waals surface area contributed by atoms with E-state index in [4.69, 9.17) is 0 Å². The average Bonchev–Trinajstić information content (AvgIpc) is 2.84. The molecule has 1 atom stereocenters. The molecule has 0 bridgehead atoms. The molecular formula is C12H8BrF5N2O. The van der Waals surface area contributed by atoms with Crippen LogP contribution in [-0.4, -0.2) is 14.9 Å². The van der Waals surface area contributed by atoms with E-state index in [0.717, 1.165) is 0 Å². The molecule has 0 aliphatic heterocycles. The lowest BCUT2D eigenvalue weighted by atomic mass is 10.0. The molecule has 1 N–H and O–H groups in total. The molecule has 0 aliphatic rings. The van der Waals surface area contributed by atoms with Crippen LogP contribution in [0.3, 0.4) is 0 Å². The first kappa shape index (κ1) is 15.9. The van der Waals surface area contributed by atoms with Crippen molar-refractivity contribution in [3.05, 3.63) is 51.0 Å². The van der Waals surface area contributed by atoms with E-state index >= 15 is 0 Å². The number of benzene rings is 1. The smallest absolute Gasteiger partial charge is 0.200 e. The maximum absolute atomic E-state index is 13.7. The number of rotatable bonds is 3. The number of hydrogen-bond acceptors (Lipinski definition) is 2. The minimum Gasteiger partial charge on any atom is -0.382 e. The van der Waals surface area contributed by atoms with E-state index in [1.54, 1.807) is 6.92 Å². The Kier molecular flexibility index (Phi) is 4.33. The quantitative estimate of drug-likeness (QED) is 0.510. The highest BCUT2D eigenvalue weighted by Crippen LogP contribution is 2.34. The second-order valence-corrected chi connectivity index (χ2v) is 4.93. The molecule has 3 nitrogen and oxygen atoms in total. The first-order chi connectivity index (χ1) is 9.81. The molecule has 0 saturated carbocycles. The molecule has 114 valence electrons. The molecule has 0 spiro atoms. The molecular weight excluding hydrogens is 363 g/mol. The Hall–Kier alpha value is -1.48. The Balaban J connectivity index is 2.69. The van der Waals surface area contributed by atoms with Crippen molar-refractivity contribution in [2.24, 2.45) is 0 Å². The summed E-state index contributed by atoms with van der Waals surface area (Å²) in [7, 11) is 0. The van der Waals surface area contributed by atoms with E-state index in [-0.39, 0.29) is 16.7 Å². The summed E-state index contributed by atoms with van der Waals surface area (Å²) >= 11 is 3.01. The normalized spacial score (nSPS) is 12.8. The van der Waals surface area contributed by atoms with Gasteiger partial charge < -0.3 is 5.11 Å². The van der Waals surface area contributed by atoms with Crippen LogP contribution in [0.25, 0.3) is 0 Å². The maximum atomic E-state index is 13.7. The first-order valence-electron chi connectivity index (χ1n) is 5.71. The van der Waals surface area contributed by atoms with Crippen LogP contribution in [0.15, 0.2) is 10.7 Å². The van der Waals surface area contributed by atoms with E-state index in [1.807, 2.05) is 0 Å². The summed E-state index contributed by atoms with van der Waals surface area (Å²) in [5, 5.41) is 13.9. The Labute approximate surface area is 124 Å². The van der Waals surface area contributed by atoms with Crippen LogP contribution in [-0.2, 0) is 6.54 Å². The van der Waals surface area contributed by atoms with Crippen molar-refractivity contribution < 1.29 is 27.1 Å². The average molecular weight is 371 g/mol. The lowest BCUT2D eigenvalue weighted by Crippen LogP contribution is -2.16. The van der Waals surface area contributed by atoms with Gasteiger partial charge in [0, 0.05) is 6.54 Å². The molecule has 1 unspecified atom stereocenters. The lowest BCUT2D eigenvalue weighted by Gasteiger charge is -2.16. The molecule has 0 saturated heterocycles. The van der Waals surface area contributed by atoms with E-state index in [2.05, 4.69) is 21.0 Å². The number of aromatic nitrogens is 2. The van der Waals surface area contributed by atoms with Crippen LogP contribution in [0.2, 0.25) is 0 Å². The summed E-state index contributed by atoms with van der Waals surface area (Å²) in [6.45, 7) is 1.86. The highest BCUT2D eigenvalue weighted by Gasteiger charge is 2.32. The monoisotopic (exact) mass is 370 g/mol. The van der Waals surface area contributed by atoms with Crippen LogP contribution >= 0.6 is 15.9 Å². The molecule has 0 radical (unpaired) electrons. The summed E-state index contributed by atoms with van der Waals surface area (Å²) in [6.07, 6.45) is -0.819. The molecule has 2 rings (SSSR count). The summed E-state index contributed by atoms with van der Waals surface area (Å²) in [5.74, 6) is -10.6. The third kappa shape index (κ3) is 2.44. The Morgan fingerprint density at radius 2 is 1.57 bits per heavy atom. The lowest BCUT2D eigenvalue weighted by molar-refractivity contribution is 0.191. The van der Waals surface area contributed by atoms with Gasteiger partial charge in [-0.05, 0) is 22.9 Å². The van der Waals surface area contributed by atoms with Gasteiger partial charge in [-0.1, -0.05) is 0 Å². The van der Waals surface area contributed by atoms with Crippen LogP contribution in [0.5, 0.6) is 0 Å². The molecule has 0 aliphatic carbocycles. The van der Waals surface area contributed by atoms with Crippen LogP contribution in [0.1, 0.15) is 24.3 Å². The SMILES string of the molecule is CCn1ncc(Br)c1C(O)c1c(F)c(F)c(F)c(F)c1F. The number of aryl methyl sites for hydroxylation is 1. The van der Waals surface area contributed by atoms with Crippen molar-refractivity contribution in [2.75, 3.05) is 0 Å². The molecule has 1 aromatic carbocycles. The fourth-order valence-corrected chi connectivity index (χ4v) is 2.41. The van der Waals surface area contributed by atoms with Gasteiger partial charge in [0.2, 0.25) is 5.82 Å². The summed E-state index contributed by atoms with van der Waals surface area (Å²) < 4.78 is 68.1. The number of halogens is 6. The number of aliphatic hydroxyl groups excluding tert-OH is 1. The van der Waals surface area contributed by atoms with Gasteiger partial charge in [-0.25, -0.2) is 22.0 Å². The second-order valence-electron chi connectivity index (χ2n) is 4.08. The van der Waals surface area contributed by atoms with Crippen molar-refractivity contribution in [2.45, 2.75) is 19.6 Å². The van der Waals surface area contributed by atoms with Crippen LogP contribution in [0, 0.1) is 29.1 Å². The largest absolute Gasteiger partial charge is 0.382 e. The van der Waals surface area contributed by atoms with Crippen molar-refractivity contribution >= 4 is 15.9 Å². The van der Waals surface area contributed by atoms with Gasteiger partial charge in [-0.2, -0.15) is 5.10 Å². The van der Waals surface area contributed by atoms with Gasteiger partial charge in [-0.15, -0.1) is 0 Å². The predicted octanol–water partition coefficient (Wildman–Crippen LogP) is 3.44. The van der Waals surface area contributed by atoms with Gasteiger partial charge in [0.1, 0.15) is 6.10 Å². The first-order valence-corrected chi connectivity index (χ1v) is 6.51. The zero-order valence-corrected chi connectivity index (χ0v) is 12.1. The summed E-state index contributed by atoms with van der Waals surface area (Å²) in [5.41, 5.74) is -1.43. The molecule has 21 heavy (non-hydrogen) atoms. The highest BCUT2D eigenvalue weighted by atomic mass is 79.9. The fraction of sp³-hybridized carbons (Fsp3) is 0.250. The molecule has 9 heteroatoms. The molecule has 1 heterocycles. The Morgan fingerprint density at radius 3 is 2.05 bits per heavy atom. The van der Waals surface area contributed by atoms with Gasteiger partial charge in [0.15, 0.2) is 23.3 Å². The van der Waals surface area contributed by atoms with E-state index in [1.165, 1.54) is 10.9 Å². The highest BCUT2D eigenvalue weighted by molar-refractivity contribution is 9.10. The molecule has 1 aromatic heterocycles. The Bertz CT molecular complexity index is 674. The minimum atomic E-state index is -2.27. The minimum absolute atomic E-state index is 0.110. The molecule has 0 amide bonds. The number of nitrogens with zero attached hydrogens (tertiary/aromatic N) is 2. The maximum Gasteiger partial charge on any atom is 0.200 e. The van der Waals surface area contributed by atoms with Crippen LogP contribution in [0.4, 0.5) is 22.0 Å². The topological polar surface area (TPSA) is 38.0 Å². The van der Waals surface area contributed by atoms with Gasteiger partial charge in [-0.3, -0.25) is 4.68 Å². The zero-order valence-electron chi connectivity index (χ0n) is 10.5. The number of hydrogen-bond donors (Lipinski definition) is 1. The standard InChI is InChI=1S/C12H8BrF5N2O/c1-2-20-11(4(13)3-19-20)12(21)5-6(14)8(16)10(18)9(17)7(5)15/h3,12,21H,2H2,1H3. The van der Waals surface area contributed by atoms with Crippen LogP contribution < -0.4 is 0 Å². The third-order valence-electron chi connectivity index (χ3n) is 2.91. The zero-order chi connectivity index (χ0) is 15.9. The van der Waals surface area contributed by atoms with Gasteiger partial charge in [0.05, 0.1) is 21.9 Å². The van der Waals surface area contributed by atoms with E-state index < -0.39 is 40.8 Å². The van der Waals surface area contributed by atoms with Crippen molar-refractivity contribution in [1.29, 1.82) is 0 Å². The van der Waals surface area contributed by atoms with Gasteiger partial charge >= 0.3 is 0 Å². The van der Waals surface area contributed by atoms with Gasteiger partial charge in [0.25, 0.3) is 0 Å². The summed E-state index contributed by atoms with van der Waals surface area (Å²) in [4.78, 5) is 0.